The van der Waals surface area contributed by atoms with Crippen molar-refractivity contribution in [1.82, 2.24) is 0 Å². The summed E-state index contributed by atoms with van der Waals surface area (Å²) in [4.78, 5) is 0. The molecule has 0 amide bonds. The first-order chi connectivity index (χ1) is 8.87. The van der Waals surface area contributed by atoms with Crippen molar-refractivity contribution < 1.29 is 27.4 Å². The van der Waals surface area contributed by atoms with Crippen LogP contribution < -0.4 is 9.47 Å². The van der Waals surface area contributed by atoms with Gasteiger partial charge in [0.1, 0.15) is 6.61 Å². The summed E-state index contributed by atoms with van der Waals surface area (Å²) < 4.78 is 50.9. The van der Waals surface area contributed by atoms with Crippen LogP contribution in [0.15, 0.2) is 16.6 Å². The Balaban J connectivity index is 2.67. The number of ether oxygens (including phenoxy) is 3. The zero-order chi connectivity index (χ0) is 14.5. The van der Waals surface area contributed by atoms with E-state index < -0.39 is 19.6 Å². The Morgan fingerprint density at radius 1 is 1.26 bits per heavy atom. The second-order valence-electron chi connectivity index (χ2n) is 3.47. The van der Waals surface area contributed by atoms with Crippen LogP contribution in [0.2, 0.25) is 0 Å². The zero-order valence-corrected chi connectivity index (χ0v) is 13.1. The molecule has 1 rings (SSSR count). The Hall–Kier alpha value is -0.470. The fourth-order valence-electron chi connectivity index (χ4n) is 1.25. The monoisotopic (exact) mass is 406 g/mol. The van der Waals surface area contributed by atoms with Gasteiger partial charge in [-0.25, -0.2) is 0 Å². The van der Waals surface area contributed by atoms with Gasteiger partial charge in [-0.3, -0.25) is 0 Å². The van der Waals surface area contributed by atoms with Crippen molar-refractivity contribution >= 4 is 31.9 Å². The third-order valence-electron chi connectivity index (χ3n) is 2.00. The summed E-state index contributed by atoms with van der Waals surface area (Å²) >= 11 is 6.57. The predicted octanol–water partition coefficient (Wildman–Crippen LogP) is 4.27. The van der Waals surface area contributed by atoms with Gasteiger partial charge in [-0.15, -0.1) is 0 Å². The first kappa shape index (κ1) is 16.6. The van der Waals surface area contributed by atoms with Crippen LogP contribution in [0.25, 0.3) is 0 Å². The molecule has 0 aliphatic rings. The molecule has 0 atom stereocenters. The number of benzene rings is 1. The molecule has 0 aromatic heterocycles. The van der Waals surface area contributed by atoms with Gasteiger partial charge in [0.15, 0.2) is 18.3 Å². The molecule has 0 saturated heterocycles. The third kappa shape index (κ3) is 5.58. The predicted molar refractivity (Wildman–Crippen MR) is 70.8 cm³/mol. The van der Waals surface area contributed by atoms with E-state index in [0.29, 0.717) is 21.3 Å². The molecular formula is C11H11Br2F3O3. The lowest BCUT2D eigenvalue weighted by atomic mass is 10.2. The van der Waals surface area contributed by atoms with E-state index in [4.69, 9.17) is 9.47 Å². The fourth-order valence-corrected chi connectivity index (χ4v) is 2.18. The fraction of sp³-hybridized carbons (Fsp3) is 0.455. The molecule has 0 heterocycles. The first-order valence-corrected chi connectivity index (χ1v) is 6.98. The molecule has 3 nitrogen and oxygen atoms in total. The molecule has 8 heteroatoms. The Morgan fingerprint density at radius 3 is 2.47 bits per heavy atom. The standard InChI is InChI=1S/C11H11Br2F3O3/c1-17-9-3-7(4-12)2-8(13)10(9)19-6-18-5-11(14,15)16/h2-3H,4-6H2,1H3. The summed E-state index contributed by atoms with van der Waals surface area (Å²) in [5.74, 6) is 0.716. The van der Waals surface area contributed by atoms with Crippen LogP contribution in [-0.2, 0) is 10.1 Å². The summed E-state index contributed by atoms with van der Waals surface area (Å²) in [6, 6.07) is 3.50. The van der Waals surface area contributed by atoms with E-state index >= 15 is 0 Å². The molecule has 0 fully saturated rings. The first-order valence-electron chi connectivity index (χ1n) is 5.07. The highest BCUT2D eigenvalue weighted by Crippen LogP contribution is 2.37. The van der Waals surface area contributed by atoms with E-state index in [2.05, 4.69) is 36.6 Å². The van der Waals surface area contributed by atoms with Crippen molar-refractivity contribution in [3.63, 3.8) is 0 Å². The lowest BCUT2D eigenvalue weighted by Gasteiger charge is -2.14. The number of hydrogen-bond acceptors (Lipinski definition) is 3. The molecule has 0 spiro atoms. The summed E-state index contributed by atoms with van der Waals surface area (Å²) in [5, 5.41) is 0.618. The maximum atomic E-state index is 11.9. The van der Waals surface area contributed by atoms with Gasteiger partial charge in [0.25, 0.3) is 0 Å². The molecule has 19 heavy (non-hydrogen) atoms. The van der Waals surface area contributed by atoms with E-state index in [1.807, 2.05) is 0 Å². The van der Waals surface area contributed by atoms with E-state index in [1.54, 1.807) is 12.1 Å². The second-order valence-corrected chi connectivity index (χ2v) is 4.88. The van der Waals surface area contributed by atoms with Gasteiger partial charge in [-0.2, -0.15) is 13.2 Å². The highest BCUT2D eigenvalue weighted by Gasteiger charge is 2.27. The van der Waals surface area contributed by atoms with Gasteiger partial charge < -0.3 is 14.2 Å². The second kappa shape index (κ2) is 7.35. The lowest BCUT2D eigenvalue weighted by Crippen LogP contribution is -2.19. The number of alkyl halides is 4. The molecule has 0 aliphatic carbocycles. The molecule has 0 bridgehead atoms. The summed E-state index contributed by atoms with van der Waals surface area (Å²) in [6.45, 7) is -1.87. The van der Waals surface area contributed by atoms with Gasteiger partial charge in [-0.1, -0.05) is 15.9 Å². The Labute approximate surface area is 125 Å². The number of hydrogen-bond donors (Lipinski definition) is 0. The van der Waals surface area contributed by atoms with Gasteiger partial charge in [0.2, 0.25) is 0 Å². The quantitative estimate of drug-likeness (QED) is 0.400. The van der Waals surface area contributed by atoms with Gasteiger partial charge in [-0.05, 0) is 33.6 Å². The Bertz CT molecular complexity index is 424. The van der Waals surface area contributed by atoms with Crippen LogP contribution in [0, 0.1) is 0 Å². The van der Waals surface area contributed by atoms with Crippen LogP contribution in [0.3, 0.4) is 0 Å². The zero-order valence-electron chi connectivity index (χ0n) is 9.89. The molecule has 1 aromatic rings. The highest BCUT2D eigenvalue weighted by molar-refractivity contribution is 9.10. The van der Waals surface area contributed by atoms with Crippen LogP contribution in [0.4, 0.5) is 13.2 Å². The van der Waals surface area contributed by atoms with Crippen molar-refractivity contribution in [1.29, 1.82) is 0 Å². The number of methoxy groups -OCH3 is 1. The molecule has 0 aliphatic heterocycles. The molecule has 0 radical (unpaired) electrons. The third-order valence-corrected chi connectivity index (χ3v) is 3.23. The van der Waals surface area contributed by atoms with Crippen LogP contribution in [0.5, 0.6) is 11.5 Å². The molecular weight excluding hydrogens is 397 g/mol. The molecule has 0 unspecified atom stereocenters. The average Bonchev–Trinajstić information content (AvgIpc) is 2.34. The SMILES string of the molecule is COc1cc(CBr)cc(Br)c1OCOCC(F)(F)F. The minimum absolute atomic E-state index is 0.300. The number of halogens is 5. The molecule has 0 N–H and O–H groups in total. The van der Waals surface area contributed by atoms with Gasteiger partial charge >= 0.3 is 6.18 Å². The topological polar surface area (TPSA) is 27.7 Å². The van der Waals surface area contributed by atoms with Gasteiger partial charge in [0, 0.05) is 5.33 Å². The van der Waals surface area contributed by atoms with E-state index in [0.717, 1.165) is 5.56 Å². The van der Waals surface area contributed by atoms with Crippen LogP contribution in [0.1, 0.15) is 5.56 Å². The Morgan fingerprint density at radius 2 is 1.95 bits per heavy atom. The van der Waals surface area contributed by atoms with E-state index in [-0.39, 0.29) is 0 Å². The minimum atomic E-state index is -4.37. The summed E-state index contributed by atoms with van der Waals surface area (Å²) in [6.07, 6.45) is -4.37. The highest BCUT2D eigenvalue weighted by atomic mass is 79.9. The molecule has 1 aromatic carbocycles. The van der Waals surface area contributed by atoms with Crippen molar-refractivity contribution in [2.24, 2.45) is 0 Å². The minimum Gasteiger partial charge on any atom is -0.493 e. The maximum Gasteiger partial charge on any atom is 0.411 e. The van der Waals surface area contributed by atoms with Crippen LogP contribution >= 0.6 is 31.9 Å². The van der Waals surface area contributed by atoms with Crippen molar-refractivity contribution in [3.8, 4) is 11.5 Å². The van der Waals surface area contributed by atoms with E-state index in [9.17, 15) is 13.2 Å². The Kier molecular flexibility index (Phi) is 6.41. The van der Waals surface area contributed by atoms with Crippen LogP contribution in [-0.4, -0.2) is 26.7 Å². The van der Waals surface area contributed by atoms with Crippen molar-refractivity contribution in [2.45, 2.75) is 11.5 Å². The van der Waals surface area contributed by atoms with Crippen molar-refractivity contribution in [2.75, 3.05) is 20.5 Å². The normalized spacial score (nSPS) is 11.5. The van der Waals surface area contributed by atoms with E-state index in [1.165, 1.54) is 7.11 Å². The largest absolute Gasteiger partial charge is 0.493 e. The smallest absolute Gasteiger partial charge is 0.411 e. The van der Waals surface area contributed by atoms with Crippen molar-refractivity contribution in [3.05, 3.63) is 22.2 Å². The number of rotatable bonds is 6. The summed E-state index contributed by atoms with van der Waals surface area (Å²) in [5.41, 5.74) is 0.937. The van der Waals surface area contributed by atoms with Gasteiger partial charge in [0.05, 0.1) is 11.6 Å². The maximum absolute atomic E-state index is 11.9. The molecule has 108 valence electrons. The molecule has 0 saturated carbocycles. The average molecular weight is 408 g/mol. The lowest BCUT2D eigenvalue weighted by molar-refractivity contribution is -0.186. The summed E-state index contributed by atoms with van der Waals surface area (Å²) in [7, 11) is 1.45.